The molecule has 0 heterocycles. The van der Waals surface area contributed by atoms with Crippen LogP contribution in [0.4, 0.5) is 0 Å². The van der Waals surface area contributed by atoms with Crippen LogP contribution >= 0.6 is 0 Å². The number of nitrogens with one attached hydrogen (secondary N) is 1. The van der Waals surface area contributed by atoms with E-state index in [2.05, 4.69) is 4.72 Å². The molecule has 4 heteroatoms. The Hall–Kier alpha value is -0.0900. The molecule has 1 aliphatic rings. The highest BCUT2D eigenvalue weighted by Crippen LogP contribution is 2.25. The third-order valence-electron chi connectivity index (χ3n) is 3.58. The summed E-state index contributed by atoms with van der Waals surface area (Å²) in [5.41, 5.74) is 0. The molecule has 0 aromatic carbocycles. The number of hydrogen-bond acceptors (Lipinski definition) is 2. The van der Waals surface area contributed by atoms with E-state index in [1.165, 1.54) is 38.5 Å². The molecule has 1 atom stereocenters. The zero-order valence-corrected chi connectivity index (χ0v) is 11.5. The Morgan fingerprint density at radius 2 is 1.50 bits per heavy atom. The first-order valence-corrected chi connectivity index (χ1v) is 7.99. The molecule has 0 aromatic rings. The molecular formula is C12H25NO2S. The van der Waals surface area contributed by atoms with E-state index in [4.69, 9.17) is 0 Å². The number of hydrogen-bond donors (Lipinski definition) is 1. The Balaban J connectivity index is 2.53. The van der Waals surface area contributed by atoms with Crippen molar-refractivity contribution >= 4 is 10.0 Å². The van der Waals surface area contributed by atoms with Crippen LogP contribution in [0.3, 0.4) is 0 Å². The van der Waals surface area contributed by atoms with Crippen molar-refractivity contribution in [1.82, 2.24) is 4.72 Å². The molecule has 0 unspecified atom stereocenters. The minimum Gasteiger partial charge on any atom is -0.212 e. The zero-order valence-electron chi connectivity index (χ0n) is 10.7. The van der Waals surface area contributed by atoms with Crippen molar-refractivity contribution < 1.29 is 8.42 Å². The van der Waals surface area contributed by atoms with Crippen molar-refractivity contribution in [3.05, 3.63) is 0 Å². The maximum absolute atomic E-state index is 11.8. The summed E-state index contributed by atoms with van der Waals surface area (Å²) in [6, 6.07) is 0.0884. The molecule has 0 bridgehead atoms. The summed E-state index contributed by atoms with van der Waals surface area (Å²) in [5.74, 6) is 0.524. The molecule has 1 fully saturated rings. The fourth-order valence-electron chi connectivity index (χ4n) is 2.30. The van der Waals surface area contributed by atoms with Gasteiger partial charge in [-0.3, -0.25) is 0 Å². The Kier molecular flexibility index (Phi) is 5.25. The van der Waals surface area contributed by atoms with Crippen LogP contribution in [0.2, 0.25) is 0 Å². The van der Waals surface area contributed by atoms with Crippen LogP contribution in [0.1, 0.15) is 59.3 Å². The third kappa shape index (κ3) is 4.06. The van der Waals surface area contributed by atoms with Gasteiger partial charge in [0, 0.05) is 6.04 Å². The van der Waals surface area contributed by atoms with Gasteiger partial charge in [0.15, 0.2) is 0 Å². The lowest BCUT2D eigenvalue weighted by molar-refractivity contribution is 0.370. The Morgan fingerprint density at radius 1 is 1.00 bits per heavy atom. The van der Waals surface area contributed by atoms with Crippen molar-refractivity contribution in [2.24, 2.45) is 5.92 Å². The van der Waals surface area contributed by atoms with Crippen LogP contribution in [-0.2, 0) is 10.0 Å². The Bertz CT molecular complexity index is 290. The molecule has 0 amide bonds. The van der Waals surface area contributed by atoms with Crippen LogP contribution in [0.5, 0.6) is 0 Å². The van der Waals surface area contributed by atoms with Gasteiger partial charge in [-0.1, -0.05) is 25.7 Å². The van der Waals surface area contributed by atoms with E-state index >= 15 is 0 Å². The average Bonchev–Trinajstić information content (AvgIpc) is 2.44. The first-order valence-electron chi connectivity index (χ1n) is 6.44. The summed E-state index contributed by atoms with van der Waals surface area (Å²) in [6.07, 6.45) is 7.45. The summed E-state index contributed by atoms with van der Waals surface area (Å²) < 4.78 is 26.3. The topological polar surface area (TPSA) is 46.2 Å². The molecule has 0 saturated heterocycles. The SMILES string of the molecule is CC(C)S(=O)(=O)N[C@@H](C)C1CCCCCC1. The van der Waals surface area contributed by atoms with Gasteiger partial charge in [-0.25, -0.2) is 13.1 Å². The number of rotatable bonds is 4. The molecule has 1 aliphatic carbocycles. The minimum atomic E-state index is -3.11. The lowest BCUT2D eigenvalue weighted by Crippen LogP contribution is -2.41. The minimum absolute atomic E-state index is 0.0884. The fraction of sp³-hybridized carbons (Fsp3) is 1.00. The highest BCUT2D eigenvalue weighted by Gasteiger charge is 2.24. The monoisotopic (exact) mass is 247 g/mol. The zero-order chi connectivity index (χ0) is 12.2. The van der Waals surface area contributed by atoms with Crippen LogP contribution in [0.25, 0.3) is 0 Å². The predicted octanol–water partition coefficient (Wildman–Crippen LogP) is 2.67. The van der Waals surface area contributed by atoms with Crippen molar-refractivity contribution in [2.75, 3.05) is 0 Å². The Morgan fingerprint density at radius 3 is 1.94 bits per heavy atom. The molecular weight excluding hydrogens is 222 g/mol. The summed E-state index contributed by atoms with van der Waals surface area (Å²) in [7, 11) is -3.11. The van der Waals surface area contributed by atoms with E-state index in [1.807, 2.05) is 6.92 Å². The maximum Gasteiger partial charge on any atom is 0.214 e. The van der Waals surface area contributed by atoms with Crippen molar-refractivity contribution in [2.45, 2.75) is 70.6 Å². The quantitative estimate of drug-likeness (QED) is 0.776. The van der Waals surface area contributed by atoms with Gasteiger partial charge in [-0.05, 0) is 39.5 Å². The molecule has 1 saturated carbocycles. The molecule has 0 radical (unpaired) electrons. The van der Waals surface area contributed by atoms with Crippen LogP contribution < -0.4 is 4.72 Å². The second-order valence-corrected chi connectivity index (χ2v) is 7.52. The number of sulfonamides is 1. The van der Waals surface area contributed by atoms with Gasteiger partial charge in [0.05, 0.1) is 5.25 Å². The largest absolute Gasteiger partial charge is 0.214 e. The first kappa shape index (κ1) is 14.0. The second-order valence-electron chi connectivity index (χ2n) is 5.25. The van der Waals surface area contributed by atoms with E-state index < -0.39 is 10.0 Å². The lowest BCUT2D eigenvalue weighted by Gasteiger charge is -2.24. The standard InChI is InChI=1S/C12H25NO2S/c1-10(2)16(14,15)13-11(3)12-8-6-4-5-7-9-12/h10-13H,4-9H2,1-3H3/t11-/m0/s1. The van der Waals surface area contributed by atoms with Crippen LogP contribution in [-0.4, -0.2) is 19.7 Å². The first-order chi connectivity index (χ1) is 7.43. The highest BCUT2D eigenvalue weighted by molar-refractivity contribution is 7.90. The van der Waals surface area contributed by atoms with Gasteiger partial charge in [-0.15, -0.1) is 0 Å². The van der Waals surface area contributed by atoms with E-state index in [9.17, 15) is 8.42 Å². The van der Waals surface area contributed by atoms with Gasteiger partial charge >= 0.3 is 0 Å². The summed E-state index contributed by atoms with van der Waals surface area (Å²) in [6.45, 7) is 5.46. The summed E-state index contributed by atoms with van der Waals surface area (Å²) in [4.78, 5) is 0. The van der Waals surface area contributed by atoms with Gasteiger partial charge in [0.1, 0.15) is 0 Å². The molecule has 0 aliphatic heterocycles. The molecule has 3 nitrogen and oxygen atoms in total. The smallest absolute Gasteiger partial charge is 0.212 e. The van der Waals surface area contributed by atoms with E-state index in [0.29, 0.717) is 5.92 Å². The van der Waals surface area contributed by atoms with Gasteiger partial charge in [-0.2, -0.15) is 0 Å². The van der Waals surface area contributed by atoms with E-state index in [0.717, 1.165) is 0 Å². The van der Waals surface area contributed by atoms with Gasteiger partial charge < -0.3 is 0 Å². The Labute approximate surface area is 100 Å². The highest BCUT2D eigenvalue weighted by atomic mass is 32.2. The van der Waals surface area contributed by atoms with Gasteiger partial charge in [0.25, 0.3) is 0 Å². The third-order valence-corrected chi connectivity index (χ3v) is 5.52. The van der Waals surface area contributed by atoms with Crippen molar-refractivity contribution in [1.29, 1.82) is 0 Å². The maximum atomic E-state index is 11.8. The summed E-state index contributed by atoms with van der Waals surface area (Å²) in [5, 5.41) is -0.333. The molecule has 0 aromatic heterocycles. The molecule has 1 N–H and O–H groups in total. The van der Waals surface area contributed by atoms with Crippen molar-refractivity contribution in [3.63, 3.8) is 0 Å². The van der Waals surface area contributed by atoms with Crippen LogP contribution in [0, 0.1) is 5.92 Å². The van der Waals surface area contributed by atoms with Gasteiger partial charge in [0.2, 0.25) is 10.0 Å². The molecule has 96 valence electrons. The normalized spacial score (nSPS) is 22.0. The van der Waals surface area contributed by atoms with Crippen molar-refractivity contribution in [3.8, 4) is 0 Å². The molecule has 1 rings (SSSR count). The van der Waals surface area contributed by atoms with Crippen LogP contribution in [0.15, 0.2) is 0 Å². The fourth-order valence-corrected chi connectivity index (χ4v) is 3.29. The molecule has 0 spiro atoms. The second kappa shape index (κ2) is 6.01. The molecule has 16 heavy (non-hydrogen) atoms. The average molecular weight is 247 g/mol. The lowest BCUT2D eigenvalue weighted by atomic mass is 9.94. The summed E-state index contributed by atoms with van der Waals surface area (Å²) >= 11 is 0. The predicted molar refractivity (Wildman–Crippen MR) is 67.8 cm³/mol. The van der Waals surface area contributed by atoms with E-state index in [-0.39, 0.29) is 11.3 Å². The van der Waals surface area contributed by atoms with E-state index in [1.54, 1.807) is 13.8 Å².